The molecule has 0 amide bonds. The third-order valence-corrected chi connectivity index (χ3v) is 4.30. The molecule has 5 nitrogen and oxygen atoms in total. The molecule has 0 aromatic heterocycles. The normalized spacial score (nSPS) is 18.0. The number of ketones is 1. The third-order valence-electron chi connectivity index (χ3n) is 2.54. The molecular weight excluding hydrogens is 231 g/mol. The highest BCUT2D eigenvalue weighted by Crippen LogP contribution is 2.23. The second kappa shape index (κ2) is 3.69. The summed E-state index contributed by atoms with van der Waals surface area (Å²) in [6.07, 6.45) is -0.0552. The lowest BCUT2D eigenvalue weighted by Gasteiger charge is -2.15. The number of carbonyl (C=O) groups is 1. The van der Waals surface area contributed by atoms with Crippen molar-refractivity contribution in [2.75, 3.05) is 5.75 Å². The van der Waals surface area contributed by atoms with Gasteiger partial charge in [0.25, 0.3) is 0 Å². The van der Waals surface area contributed by atoms with Gasteiger partial charge in [-0.15, -0.1) is 0 Å². The van der Waals surface area contributed by atoms with Crippen LogP contribution in [0.5, 0.6) is 0 Å². The van der Waals surface area contributed by atoms with Crippen molar-refractivity contribution in [1.82, 2.24) is 0 Å². The van der Waals surface area contributed by atoms with Gasteiger partial charge >= 0.3 is 7.12 Å². The molecule has 2 N–H and O–H groups in total. The Balaban J connectivity index is 2.65. The van der Waals surface area contributed by atoms with Gasteiger partial charge in [-0.1, -0.05) is 12.1 Å². The molecule has 1 aromatic rings. The summed E-state index contributed by atoms with van der Waals surface area (Å²) in [7, 11) is -5.11. The average Bonchev–Trinajstić information content (AvgIpc) is 2.23. The van der Waals surface area contributed by atoms with Crippen LogP contribution in [0.15, 0.2) is 23.1 Å². The molecule has 0 saturated carbocycles. The predicted octanol–water partition coefficient (Wildman–Crippen LogP) is -1.27. The first-order valence-electron chi connectivity index (χ1n) is 4.68. The van der Waals surface area contributed by atoms with Crippen molar-refractivity contribution in [3.63, 3.8) is 0 Å². The Morgan fingerprint density at radius 3 is 2.56 bits per heavy atom. The van der Waals surface area contributed by atoms with Crippen molar-refractivity contribution in [1.29, 1.82) is 0 Å². The molecule has 0 saturated heterocycles. The molecular formula is C9H9BO5S. The summed E-state index contributed by atoms with van der Waals surface area (Å²) in [5.41, 5.74) is 0.168. The van der Waals surface area contributed by atoms with Crippen LogP contribution in [0.1, 0.15) is 16.8 Å². The number of hydrogen-bond acceptors (Lipinski definition) is 5. The Morgan fingerprint density at radius 2 is 1.94 bits per heavy atom. The molecule has 0 atom stereocenters. The van der Waals surface area contributed by atoms with Gasteiger partial charge in [-0.05, 0) is 11.5 Å². The Hall–Kier alpha value is -1.18. The van der Waals surface area contributed by atoms with Crippen molar-refractivity contribution in [2.45, 2.75) is 11.3 Å². The number of rotatable bonds is 1. The van der Waals surface area contributed by atoms with Gasteiger partial charge in [-0.3, -0.25) is 4.79 Å². The van der Waals surface area contributed by atoms with E-state index in [4.69, 9.17) is 10.0 Å². The van der Waals surface area contributed by atoms with Crippen LogP contribution in [0.3, 0.4) is 0 Å². The van der Waals surface area contributed by atoms with Gasteiger partial charge in [0, 0.05) is 12.0 Å². The summed E-state index contributed by atoms with van der Waals surface area (Å²) in [6.45, 7) is 0. The number of carbonyl (C=O) groups excluding carboxylic acids is 1. The van der Waals surface area contributed by atoms with Crippen LogP contribution in [-0.4, -0.2) is 37.1 Å². The molecule has 0 bridgehead atoms. The van der Waals surface area contributed by atoms with Crippen molar-refractivity contribution < 1.29 is 23.3 Å². The highest BCUT2D eigenvalue weighted by Gasteiger charge is 2.29. The van der Waals surface area contributed by atoms with Gasteiger partial charge in [0.15, 0.2) is 15.6 Å². The maximum absolute atomic E-state index is 11.6. The van der Waals surface area contributed by atoms with Crippen LogP contribution in [0, 0.1) is 0 Å². The SMILES string of the molecule is O=C1CCS(=O)(=O)c2ccc(B(O)O)cc21. The lowest BCUT2D eigenvalue weighted by Crippen LogP contribution is -2.32. The summed E-state index contributed by atoms with van der Waals surface area (Å²) < 4.78 is 23.2. The van der Waals surface area contributed by atoms with E-state index in [9.17, 15) is 13.2 Å². The minimum Gasteiger partial charge on any atom is -0.423 e. The van der Waals surface area contributed by atoms with Gasteiger partial charge in [0.1, 0.15) is 0 Å². The van der Waals surface area contributed by atoms with E-state index in [-0.39, 0.29) is 33.9 Å². The van der Waals surface area contributed by atoms with Crippen LogP contribution < -0.4 is 5.46 Å². The highest BCUT2D eigenvalue weighted by molar-refractivity contribution is 7.91. The van der Waals surface area contributed by atoms with E-state index in [0.29, 0.717) is 0 Å². The van der Waals surface area contributed by atoms with Crippen LogP contribution >= 0.6 is 0 Å². The zero-order valence-electron chi connectivity index (χ0n) is 8.25. The second-order valence-corrected chi connectivity index (χ2v) is 5.70. The molecule has 16 heavy (non-hydrogen) atoms. The van der Waals surface area contributed by atoms with E-state index < -0.39 is 17.0 Å². The summed E-state index contributed by atoms with van der Waals surface area (Å²) in [5, 5.41) is 17.9. The quantitative estimate of drug-likeness (QED) is 0.597. The molecule has 0 unspecified atom stereocenters. The van der Waals surface area contributed by atoms with Gasteiger partial charge in [0.2, 0.25) is 0 Å². The van der Waals surface area contributed by atoms with E-state index in [1.165, 1.54) is 18.2 Å². The monoisotopic (exact) mass is 240 g/mol. The molecule has 1 aliphatic heterocycles. The van der Waals surface area contributed by atoms with Gasteiger partial charge in [-0.2, -0.15) is 0 Å². The van der Waals surface area contributed by atoms with E-state index in [1.807, 2.05) is 0 Å². The topological polar surface area (TPSA) is 91.7 Å². The third kappa shape index (κ3) is 1.77. The van der Waals surface area contributed by atoms with Crippen molar-refractivity contribution in [2.24, 2.45) is 0 Å². The predicted molar refractivity (Wildman–Crippen MR) is 57.3 cm³/mol. The first-order chi connectivity index (χ1) is 7.42. The Bertz CT molecular complexity index is 549. The minimum atomic E-state index is -3.40. The van der Waals surface area contributed by atoms with Crippen molar-refractivity contribution in [3.8, 4) is 0 Å². The molecule has 7 heteroatoms. The molecule has 0 radical (unpaired) electrons. The van der Waals surface area contributed by atoms with Crippen LogP contribution in [0.2, 0.25) is 0 Å². The summed E-state index contributed by atoms with van der Waals surface area (Å²) in [4.78, 5) is 11.5. The first-order valence-corrected chi connectivity index (χ1v) is 6.33. The van der Waals surface area contributed by atoms with Crippen molar-refractivity contribution in [3.05, 3.63) is 23.8 Å². The number of fused-ring (bicyclic) bond motifs is 1. The summed E-state index contributed by atoms with van der Waals surface area (Å²) >= 11 is 0. The zero-order valence-corrected chi connectivity index (χ0v) is 9.07. The molecule has 1 aromatic carbocycles. The Labute approximate surface area is 92.8 Å². The van der Waals surface area contributed by atoms with Gasteiger partial charge in [-0.25, -0.2) is 8.42 Å². The van der Waals surface area contributed by atoms with E-state index in [0.717, 1.165) is 0 Å². The number of Topliss-reactive ketones (excluding diaryl/α,β-unsaturated/α-hetero) is 1. The molecule has 1 aliphatic rings. The van der Waals surface area contributed by atoms with E-state index in [1.54, 1.807) is 0 Å². The molecule has 1 heterocycles. The standard InChI is InChI=1S/C9H9BO5S/c11-8-3-4-16(14,15)9-2-1-6(10(12)13)5-7(8)9/h1-2,5,12-13H,3-4H2. The van der Waals surface area contributed by atoms with Crippen LogP contribution in [0.4, 0.5) is 0 Å². The van der Waals surface area contributed by atoms with Gasteiger partial charge in [0.05, 0.1) is 10.6 Å². The smallest absolute Gasteiger partial charge is 0.423 e. The van der Waals surface area contributed by atoms with Crippen molar-refractivity contribution >= 4 is 28.2 Å². The zero-order chi connectivity index (χ0) is 11.9. The summed E-state index contributed by atoms with van der Waals surface area (Å²) in [6, 6.07) is 3.76. The Morgan fingerprint density at radius 1 is 1.25 bits per heavy atom. The second-order valence-electron chi connectivity index (χ2n) is 3.62. The highest BCUT2D eigenvalue weighted by atomic mass is 32.2. The number of benzene rings is 1. The number of hydrogen-bond donors (Lipinski definition) is 2. The largest absolute Gasteiger partial charge is 0.488 e. The molecule has 84 valence electrons. The lowest BCUT2D eigenvalue weighted by atomic mass is 9.79. The maximum atomic E-state index is 11.6. The van der Waals surface area contributed by atoms with E-state index in [2.05, 4.69) is 0 Å². The van der Waals surface area contributed by atoms with Crippen LogP contribution in [-0.2, 0) is 9.84 Å². The summed E-state index contributed by atoms with van der Waals surface area (Å²) in [5.74, 6) is -0.466. The first kappa shape index (κ1) is 11.3. The maximum Gasteiger partial charge on any atom is 0.488 e. The lowest BCUT2D eigenvalue weighted by molar-refractivity contribution is 0.0983. The Kier molecular flexibility index (Phi) is 2.61. The molecule has 2 rings (SSSR count). The fourth-order valence-corrected chi connectivity index (χ4v) is 3.13. The fraction of sp³-hybridized carbons (Fsp3) is 0.222. The van der Waals surface area contributed by atoms with E-state index >= 15 is 0 Å². The molecule has 0 spiro atoms. The van der Waals surface area contributed by atoms with Gasteiger partial charge < -0.3 is 10.0 Å². The average molecular weight is 240 g/mol. The fourth-order valence-electron chi connectivity index (χ4n) is 1.67. The molecule has 0 fully saturated rings. The van der Waals surface area contributed by atoms with Crippen LogP contribution in [0.25, 0.3) is 0 Å². The number of sulfone groups is 1. The molecule has 0 aliphatic carbocycles. The minimum absolute atomic E-state index is 0.0202.